The van der Waals surface area contributed by atoms with Crippen LogP contribution in [0.5, 0.6) is 0 Å². The first-order valence-corrected chi connectivity index (χ1v) is 15.2. The van der Waals surface area contributed by atoms with Crippen LogP contribution in [-0.4, -0.2) is 67.8 Å². The van der Waals surface area contributed by atoms with Crippen LogP contribution in [-0.2, 0) is 0 Å². The van der Waals surface area contributed by atoms with Gasteiger partial charge in [-0.05, 0) is 84.9 Å². The van der Waals surface area contributed by atoms with E-state index in [4.69, 9.17) is 0 Å². The first kappa shape index (κ1) is 29.0. The number of rotatable bonds is 2. The summed E-state index contributed by atoms with van der Waals surface area (Å²) in [6, 6.07) is 0. The molecule has 0 heterocycles. The number of allylic oxidation sites excluding steroid dienone is 2. The minimum absolute atomic E-state index is 0.0364. The van der Waals surface area contributed by atoms with E-state index in [0.29, 0.717) is 19.3 Å². The molecule has 0 aromatic rings. The molecular formula is C32H54O6. The van der Waals surface area contributed by atoms with Crippen molar-refractivity contribution in [3.8, 4) is 0 Å². The van der Waals surface area contributed by atoms with Crippen LogP contribution in [0.3, 0.4) is 0 Å². The van der Waals surface area contributed by atoms with Crippen molar-refractivity contribution in [1.82, 2.24) is 0 Å². The molecule has 0 spiro atoms. The van der Waals surface area contributed by atoms with Gasteiger partial charge in [-0.2, -0.15) is 0 Å². The quantitative estimate of drug-likeness (QED) is 0.301. The van der Waals surface area contributed by atoms with Gasteiger partial charge in [-0.3, -0.25) is 0 Å². The first-order chi connectivity index (χ1) is 17.5. The Morgan fingerprint density at radius 2 is 1.42 bits per heavy atom. The van der Waals surface area contributed by atoms with E-state index in [1.54, 1.807) is 0 Å². The van der Waals surface area contributed by atoms with Crippen LogP contribution < -0.4 is 0 Å². The fraction of sp³-hybridized carbons (Fsp3) is 0.938. The molecule has 4 fully saturated rings. The molecule has 0 saturated heterocycles. The molecule has 0 aromatic heterocycles. The van der Waals surface area contributed by atoms with Crippen molar-refractivity contribution in [2.24, 2.45) is 56.2 Å². The van der Waals surface area contributed by atoms with E-state index in [1.807, 2.05) is 27.7 Å². The second-order valence-electron chi connectivity index (χ2n) is 15.8. The Bertz CT molecular complexity index is 966. The molecule has 6 nitrogen and oxygen atoms in total. The molecule has 0 amide bonds. The van der Waals surface area contributed by atoms with Crippen LogP contribution in [0, 0.1) is 56.2 Å². The van der Waals surface area contributed by atoms with Gasteiger partial charge in [-0.1, -0.05) is 60.6 Å². The zero-order valence-electron chi connectivity index (χ0n) is 24.7. The lowest BCUT2D eigenvalue weighted by atomic mass is 9.33. The summed E-state index contributed by atoms with van der Waals surface area (Å²) in [7, 11) is 0. The third-order valence-corrected chi connectivity index (χ3v) is 14.4. The highest BCUT2D eigenvalue weighted by Gasteiger charge is 2.75. The summed E-state index contributed by atoms with van der Waals surface area (Å²) in [5, 5.41) is 68.5. The summed E-state index contributed by atoms with van der Waals surface area (Å²) >= 11 is 0. The number of aliphatic hydroxyl groups excluding tert-OH is 6. The SMILES string of the molecule is CC[C@@]12C(CC(C)(C)[C@@H](O)[C@@H]1O)C1C=CCC3[C@@]4(C)CC[C@H](O)[C@](C)(CO)C4CC[C@@]3(C)[C@]1(C)[C@@H](O)[C@H]2O. The van der Waals surface area contributed by atoms with Gasteiger partial charge in [0.2, 0.25) is 0 Å². The van der Waals surface area contributed by atoms with E-state index in [1.165, 1.54) is 0 Å². The normalized spacial score (nSPS) is 59.7. The van der Waals surface area contributed by atoms with E-state index in [-0.39, 0.29) is 41.1 Å². The van der Waals surface area contributed by atoms with Crippen molar-refractivity contribution >= 4 is 0 Å². The number of hydrogen-bond acceptors (Lipinski definition) is 6. The Morgan fingerprint density at radius 3 is 2.03 bits per heavy atom. The summed E-state index contributed by atoms with van der Waals surface area (Å²) in [5.41, 5.74) is -3.14. The molecule has 0 aliphatic heterocycles. The summed E-state index contributed by atoms with van der Waals surface area (Å²) in [4.78, 5) is 0. The van der Waals surface area contributed by atoms with Crippen molar-refractivity contribution in [2.45, 2.75) is 124 Å². The van der Waals surface area contributed by atoms with Gasteiger partial charge >= 0.3 is 0 Å². The highest BCUT2D eigenvalue weighted by Crippen LogP contribution is 2.75. The third kappa shape index (κ3) is 3.17. The molecule has 218 valence electrons. The van der Waals surface area contributed by atoms with Gasteiger partial charge in [0.25, 0.3) is 0 Å². The number of hydrogen-bond donors (Lipinski definition) is 6. The topological polar surface area (TPSA) is 121 Å². The van der Waals surface area contributed by atoms with Gasteiger partial charge in [0, 0.05) is 16.2 Å². The Hall–Kier alpha value is -0.500. The highest BCUT2D eigenvalue weighted by atomic mass is 16.3. The zero-order chi connectivity index (χ0) is 28.3. The minimum atomic E-state index is -1.15. The third-order valence-electron chi connectivity index (χ3n) is 14.4. The van der Waals surface area contributed by atoms with Crippen LogP contribution in [0.4, 0.5) is 0 Å². The molecule has 4 saturated carbocycles. The monoisotopic (exact) mass is 534 g/mol. The maximum atomic E-state index is 12.2. The van der Waals surface area contributed by atoms with Crippen LogP contribution in [0.15, 0.2) is 12.2 Å². The Labute approximate surface area is 229 Å². The second kappa shape index (κ2) is 8.75. The Kier molecular flexibility index (Phi) is 6.68. The van der Waals surface area contributed by atoms with E-state index >= 15 is 0 Å². The lowest BCUT2D eigenvalue weighted by Gasteiger charge is -2.72. The lowest BCUT2D eigenvalue weighted by molar-refractivity contribution is -0.315. The van der Waals surface area contributed by atoms with E-state index in [9.17, 15) is 30.6 Å². The number of aliphatic hydroxyl groups is 6. The van der Waals surface area contributed by atoms with Crippen molar-refractivity contribution in [2.75, 3.05) is 6.61 Å². The fourth-order valence-corrected chi connectivity index (χ4v) is 11.8. The summed E-state index contributed by atoms with van der Waals surface area (Å²) < 4.78 is 0. The minimum Gasteiger partial charge on any atom is -0.396 e. The molecule has 14 atom stereocenters. The predicted molar refractivity (Wildman–Crippen MR) is 147 cm³/mol. The smallest absolute Gasteiger partial charge is 0.0889 e. The van der Waals surface area contributed by atoms with Crippen molar-refractivity contribution in [1.29, 1.82) is 0 Å². The van der Waals surface area contributed by atoms with Gasteiger partial charge in [0.05, 0.1) is 37.1 Å². The predicted octanol–water partition coefficient (Wildman–Crippen LogP) is 3.66. The van der Waals surface area contributed by atoms with Crippen LogP contribution in [0.1, 0.15) is 93.4 Å². The molecule has 6 heteroatoms. The van der Waals surface area contributed by atoms with Crippen molar-refractivity contribution in [3.05, 3.63) is 12.2 Å². The zero-order valence-corrected chi connectivity index (χ0v) is 24.7. The van der Waals surface area contributed by atoms with Crippen LogP contribution in [0.2, 0.25) is 0 Å². The van der Waals surface area contributed by atoms with E-state index < -0.39 is 52.2 Å². The van der Waals surface area contributed by atoms with Gasteiger partial charge in [0.1, 0.15) is 0 Å². The molecule has 5 rings (SSSR count). The maximum absolute atomic E-state index is 12.2. The molecule has 5 aliphatic carbocycles. The average Bonchev–Trinajstić information content (AvgIpc) is 2.99. The molecule has 5 aliphatic rings. The second-order valence-corrected chi connectivity index (χ2v) is 15.8. The van der Waals surface area contributed by atoms with Crippen molar-refractivity contribution < 1.29 is 30.6 Å². The van der Waals surface area contributed by atoms with E-state index in [2.05, 4.69) is 32.9 Å². The van der Waals surface area contributed by atoms with Gasteiger partial charge in [-0.25, -0.2) is 0 Å². The fourth-order valence-electron chi connectivity index (χ4n) is 11.8. The summed E-state index contributed by atoms with van der Waals surface area (Å²) in [6.07, 6.45) is 5.02. The van der Waals surface area contributed by atoms with Crippen LogP contribution in [0.25, 0.3) is 0 Å². The van der Waals surface area contributed by atoms with E-state index in [0.717, 1.165) is 25.7 Å². The Morgan fingerprint density at radius 1 is 0.789 bits per heavy atom. The summed E-state index contributed by atoms with van der Waals surface area (Å²) in [6.45, 7) is 14.9. The first-order valence-electron chi connectivity index (χ1n) is 15.2. The standard InChI is InChI=1S/C32H54O6/c1-8-32-19(16-27(2,3)23(35)25(32)37)18-10-9-11-21-28(4)14-13-22(34)29(5,17-33)20(28)12-15-30(21,6)31(18,7)24(36)26(32)38/h9-10,18-26,33-38H,8,11-17H2,1-7H3/t18?,19?,20?,21?,22-,23-,24-,25-,26+,28-,29+,30+,31-,32+/m0/s1. The molecule has 4 unspecified atom stereocenters. The molecule has 0 aromatic carbocycles. The lowest BCUT2D eigenvalue weighted by Crippen LogP contribution is -2.75. The van der Waals surface area contributed by atoms with Crippen molar-refractivity contribution in [3.63, 3.8) is 0 Å². The number of fused-ring (bicyclic) bond motifs is 7. The molecular weight excluding hydrogens is 480 g/mol. The largest absolute Gasteiger partial charge is 0.396 e. The molecule has 0 bridgehead atoms. The van der Waals surface area contributed by atoms with Gasteiger partial charge in [0.15, 0.2) is 0 Å². The maximum Gasteiger partial charge on any atom is 0.0889 e. The summed E-state index contributed by atoms with van der Waals surface area (Å²) in [5.74, 6) is 0.233. The van der Waals surface area contributed by atoms with Gasteiger partial charge < -0.3 is 30.6 Å². The molecule has 6 N–H and O–H groups in total. The average molecular weight is 535 g/mol. The van der Waals surface area contributed by atoms with Gasteiger partial charge in [-0.15, -0.1) is 0 Å². The molecule has 38 heavy (non-hydrogen) atoms. The molecule has 0 radical (unpaired) electrons. The Balaban J connectivity index is 1.66. The van der Waals surface area contributed by atoms with Crippen LogP contribution >= 0.6 is 0 Å². The highest BCUT2D eigenvalue weighted by molar-refractivity contribution is 5.27.